The van der Waals surface area contributed by atoms with Gasteiger partial charge in [0.15, 0.2) is 11.5 Å². The summed E-state index contributed by atoms with van der Waals surface area (Å²) in [6, 6.07) is 18.5. The number of sulfonamides is 1. The van der Waals surface area contributed by atoms with Crippen molar-refractivity contribution in [2.24, 2.45) is 0 Å². The van der Waals surface area contributed by atoms with Crippen LogP contribution in [0.1, 0.15) is 35.1 Å². The van der Waals surface area contributed by atoms with Gasteiger partial charge in [0.05, 0.1) is 32.8 Å². The minimum atomic E-state index is -3.99. The Bertz CT molecular complexity index is 1580. The van der Waals surface area contributed by atoms with Gasteiger partial charge in [0.2, 0.25) is 15.9 Å². The van der Waals surface area contributed by atoms with Crippen molar-refractivity contribution >= 4 is 38.2 Å². The van der Waals surface area contributed by atoms with E-state index >= 15 is 0 Å². The quantitative estimate of drug-likeness (QED) is 0.186. The summed E-state index contributed by atoms with van der Waals surface area (Å²) in [7, 11) is -0.804. The van der Waals surface area contributed by atoms with E-state index in [-0.39, 0.29) is 23.9 Å². The van der Waals surface area contributed by atoms with E-state index in [0.717, 1.165) is 27.1 Å². The number of aromatic nitrogens is 1. The Balaban J connectivity index is 1.61. The van der Waals surface area contributed by atoms with E-state index in [1.807, 2.05) is 56.3 Å². The van der Waals surface area contributed by atoms with Gasteiger partial charge in [-0.3, -0.25) is 9.78 Å². The zero-order valence-corrected chi connectivity index (χ0v) is 25.6. The molecule has 0 N–H and O–H groups in total. The number of nitrogens with zero attached hydrogens (tertiary/aromatic N) is 3. The molecule has 4 rings (SSSR count). The van der Waals surface area contributed by atoms with Gasteiger partial charge in [-0.15, -0.1) is 11.3 Å². The molecule has 0 spiro atoms. The van der Waals surface area contributed by atoms with Crippen LogP contribution in [0.25, 0.3) is 10.9 Å². The van der Waals surface area contributed by atoms with Crippen molar-refractivity contribution in [3.63, 3.8) is 0 Å². The van der Waals surface area contributed by atoms with Crippen LogP contribution in [0.3, 0.4) is 0 Å². The topological polar surface area (TPSA) is 89.0 Å². The fourth-order valence-corrected chi connectivity index (χ4v) is 7.14. The number of methoxy groups -OCH3 is 2. The van der Waals surface area contributed by atoms with Crippen molar-refractivity contribution in [1.29, 1.82) is 0 Å². The highest BCUT2D eigenvalue weighted by atomic mass is 32.2. The van der Waals surface area contributed by atoms with E-state index in [1.165, 1.54) is 4.31 Å². The zero-order valence-electron chi connectivity index (χ0n) is 24.0. The number of carbonyl (C=O) groups excluding carboxylic acids is 1. The Kier molecular flexibility index (Phi) is 10.4. The number of thiophene rings is 1. The van der Waals surface area contributed by atoms with Crippen molar-refractivity contribution < 1.29 is 22.7 Å². The number of amides is 1. The van der Waals surface area contributed by atoms with E-state index in [9.17, 15) is 13.2 Å². The van der Waals surface area contributed by atoms with Crippen LogP contribution < -0.4 is 9.47 Å². The first-order valence-corrected chi connectivity index (χ1v) is 15.9. The van der Waals surface area contributed by atoms with Gasteiger partial charge in [0.25, 0.3) is 0 Å². The van der Waals surface area contributed by atoms with Gasteiger partial charge < -0.3 is 14.4 Å². The minimum Gasteiger partial charge on any atom is -0.493 e. The summed E-state index contributed by atoms with van der Waals surface area (Å²) in [5.41, 5.74) is 1.39. The van der Waals surface area contributed by atoms with Gasteiger partial charge in [-0.2, -0.15) is 4.31 Å². The Labute approximate surface area is 246 Å². The lowest BCUT2D eigenvalue weighted by Gasteiger charge is -2.27. The highest BCUT2D eigenvalue weighted by Crippen LogP contribution is 2.28. The van der Waals surface area contributed by atoms with E-state index < -0.39 is 10.0 Å². The Morgan fingerprint density at radius 1 is 0.976 bits per heavy atom. The molecule has 0 atom stereocenters. The number of fused-ring (bicyclic) bond motifs is 1. The summed E-state index contributed by atoms with van der Waals surface area (Å²) in [5.74, 6) is 1.01. The van der Waals surface area contributed by atoms with Gasteiger partial charge in [-0.25, -0.2) is 8.42 Å². The lowest BCUT2D eigenvalue weighted by atomic mass is 10.1. The van der Waals surface area contributed by atoms with Gasteiger partial charge in [0.1, 0.15) is 4.90 Å². The number of rotatable bonds is 14. The second-order valence-electron chi connectivity index (χ2n) is 9.79. The van der Waals surface area contributed by atoms with E-state index in [1.54, 1.807) is 54.9 Å². The number of para-hydroxylation sites is 1. The molecule has 8 nitrogen and oxygen atoms in total. The zero-order chi connectivity index (χ0) is 29.4. The maximum Gasteiger partial charge on any atom is 0.245 e. The van der Waals surface area contributed by atoms with Crippen molar-refractivity contribution in [3.05, 3.63) is 82.2 Å². The average molecular weight is 596 g/mol. The fraction of sp³-hybridized carbons (Fsp3) is 0.355. The molecular formula is C31H37N3O5S2. The van der Waals surface area contributed by atoms with Gasteiger partial charge >= 0.3 is 0 Å². The SMILES string of the molecule is CCCCN(CC(=O)N(CCc1ccc(OC)c(OC)c1)Cc1ccc(C)s1)S(=O)(=O)c1cccc2cccnc12. The molecule has 2 heterocycles. The molecule has 0 fully saturated rings. The molecule has 41 heavy (non-hydrogen) atoms. The fourth-order valence-electron chi connectivity index (χ4n) is 4.64. The van der Waals surface area contributed by atoms with Crippen LogP contribution in [0.4, 0.5) is 0 Å². The molecule has 1 amide bonds. The molecule has 10 heteroatoms. The van der Waals surface area contributed by atoms with Crippen LogP contribution >= 0.6 is 11.3 Å². The molecule has 0 aliphatic rings. The van der Waals surface area contributed by atoms with Crippen LogP contribution in [0.2, 0.25) is 0 Å². The number of hydrogen-bond donors (Lipinski definition) is 0. The maximum atomic E-state index is 14.0. The molecule has 0 saturated heterocycles. The summed E-state index contributed by atoms with van der Waals surface area (Å²) in [4.78, 5) is 22.3. The van der Waals surface area contributed by atoms with Crippen molar-refractivity contribution in [2.45, 2.75) is 44.6 Å². The van der Waals surface area contributed by atoms with Crippen LogP contribution in [0.5, 0.6) is 11.5 Å². The number of ether oxygens (including phenoxy) is 2. The molecule has 0 radical (unpaired) electrons. The van der Waals surface area contributed by atoms with E-state index in [0.29, 0.717) is 42.9 Å². The third-order valence-corrected chi connectivity index (χ3v) is 9.76. The Morgan fingerprint density at radius 2 is 1.76 bits per heavy atom. The summed E-state index contributed by atoms with van der Waals surface area (Å²) < 4.78 is 40.1. The second-order valence-corrected chi connectivity index (χ2v) is 13.1. The van der Waals surface area contributed by atoms with Crippen molar-refractivity contribution in [3.8, 4) is 11.5 Å². The molecule has 218 valence electrons. The Morgan fingerprint density at radius 3 is 2.46 bits per heavy atom. The number of unbranched alkanes of at least 4 members (excludes halogenated alkanes) is 1. The smallest absolute Gasteiger partial charge is 0.245 e. The van der Waals surface area contributed by atoms with Gasteiger partial charge in [0, 0.05) is 34.4 Å². The predicted octanol–water partition coefficient (Wildman–Crippen LogP) is 5.68. The molecule has 0 bridgehead atoms. The highest BCUT2D eigenvalue weighted by molar-refractivity contribution is 7.89. The van der Waals surface area contributed by atoms with Crippen LogP contribution in [-0.2, 0) is 27.8 Å². The number of benzene rings is 2. The van der Waals surface area contributed by atoms with E-state index in [4.69, 9.17) is 9.47 Å². The summed E-state index contributed by atoms with van der Waals surface area (Å²) in [6.45, 7) is 4.85. The first-order chi connectivity index (χ1) is 19.8. The summed E-state index contributed by atoms with van der Waals surface area (Å²) >= 11 is 1.63. The molecule has 0 saturated carbocycles. The predicted molar refractivity (Wildman–Crippen MR) is 163 cm³/mol. The molecule has 0 unspecified atom stereocenters. The van der Waals surface area contributed by atoms with Crippen molar-refractivity contribution in [2.75, 3.05) is 33.9 Å². The second kappa shape index (κ2) is 13.9. The Hall–Kier alpha value is -3.47. The molecule has 2 aromatic heterocycles. The lowest BCUT2D eigenvalue weighted by molar-refractivity contribution is -0.132. The average Bonchev–Trinajstić information content (AvgIpc) is 3.40. The largest absolute Gasteiger partial charge is 0.493 e. The van der Waals surface area contributed by atoms with Crippen LogP contribution in [0, 0.1) is 6.92 Å². The van der Waals surface area contributed by atoms with Crippen LogP contribution in [-0.4, -0.2) is 62.4 Å². The monoisotopic (exact) mass is 595 g/mol. The third kappa shape index (κ3) is 7.44. The van der Waals surface area contributed by atoms with Gasteiger partial charge in [-0.1, -0.05) is 37.6 Å². The number of carbonyl (C=O) groups is 1. The molecule has 4 aromatic rings. The van der Waals surface area contributed by atoms with Gasteiger partial charge in [-0.05, 0) is 61.7 Å². The standard InChI is InChI=1S/C31H37N3O5S2/c1-5-6-18-34(41(36,37)29-11-7-9-25-10-8-17-32-31(25)29)22-30(35)33(21-26-14-12-23(2)40-26)19-16-24-13-15-27(38-3)28(20-24)39-4/h7-15,17,20H,5-6,16,18-19,21-22H2,1-4H3. The number of pyridine rings is 1. The first-order valence-electron chi connectivity index (χ1n) is 13.6. The summed E-state index contributed by atoms with van der Waals surface area (Å²) in [6.07, 6.45) is 3.60. The van der Waals surface area contributed by atoms with Crippen molar-refractivity contribution in [1.82, 2.24) is 14.2 Å². The summed E-state index contributed by atoms with van der Waals surface area (Å²) in [5, 5.41) is 0.736. The lowest BCUT2D eigenvalue weighted by Crippen LogP contribution is -2.43. The van der Waals surface area contributed by atoms with E-state index in [2.05, 4.69) is 4.98 Å². The normalized spacial score (nSPS) is 11.6. The first kappa shape index (κ1) is 30.5. The number of aryl methyl sites for hydroxylation is 1. The highest BCUT2D eigenvalue weighted by Gasteiger charge is 2.30. The van der Waals surface area contributed by atoms with Crippen LogP contribution in [0.15, 0.2) is 71.8 Å². The molecule has 0 aliphatic carbocycles. The maximum absolute atomic E-state index is 14.0. The third-order valence-electron chi connectivity index (χ3n) is 6.90. The molecule has 2 aromatic carbocycles. The molecule has 0 aliphatic heterocycles. The number of hydrogen-bond acceptors (Lipinski definition) is 7. The minimum absolute atomic E-state index is 0.116. The molecular weight excluding hydrogens is 558 g/mol.